The van der Waals surface area contributed by atoms with Crippen LogP contribution in [0, 0.1) is 24.2 Å². The van der Waals surface area contributed by atoms with Crippen LogP contribution in [0.2, 0.25) is 0 Å². The topological polar surface area (TPSA) is 93.4 Å². The quantitative estimate of drug-likeness (QED) is 0.783. The Morgan fingerprint density at radius 2 is 2.04 bits per heavy atom. The van der Waals surface area contributed by atoms with Crippen LogP contribution in [0.15, 0.2) is 30.5 Å². The summed E-state index contributed by atoms with van der Waals surface area (Å²) in [5.74, 6) is 1.76. The Balaban J connectivity index is 0.000000704. The smallest absolute Gasteiger partial charge is 0.222 e. The molecule has 0 bridgehead atoms. The highest BCUT2D eigenvalue weighted by Gasteiger charge is 2.62. The minimum atomic E-state index is 0.286. The molecule has 2 saturated carbocycles. The molecule has 1 spiro atoms. The van der Waals surface area contributed by atoms with E-state index in [0.29, 0.717) is 5.41 Å². The molecular formula is C18H18N6. The molecule has 6 heteroatoms. The van der Waals surface area contributed by atoms with Crippen molar-refractivity contribution in [3.05, 3.63) is 41.7 Å². The fourth-order valence-electron chi connectivity index (χ4n) is 3.65. The molecule has 120 valence electrons. The molecule has 0 saturated heterocycles. The molecule has 2 N–H and O–H groups in total. The number of anilines is 1. The van der Waals surface area contributed by atoms with Gasteiger partial charge in [-0.3, -0.25) is 0 Å². The molecule has 0 radical (unpaired) electrons. The van der Waals surface area contributed by atoms with Crippen molar-refractivity contribution >= 4 is 16.9 Å². The first-order valence-corrected chi connectivity index (χ1v) is 8.00. The van der Waals surface area contributed by atoms with Crippen LogP contribution in [-0.2, 0) is 0 Å². The van der Waals surface area contributed by atoms with Gasteiger partial charge in [0.05, 0.1) is 11.7 Å². The molecule has 3 aromatic rings. The van der Waals surface area contributed by atoms with E-state index in [2.05, 4.69) is 39.8 Å². The number of benzene rings is 1. The number of hydrogen-bond donors (Lipinski definition) is 1. The van der Waals surface area contributed by atoms with Crippen molar-refractivity contribution in [3.8, 4) is 12.4 Å². The average molecular weight is 318 g/mol. The van der Waals surface area contributed by atoms with E-state index in [4.69, 9.17) is 11.0 Å². The summed E-state index contributed by atoms with van der Waals surface area (Å²) >= 11 is 0. The van der Waals surface area contributed by atoms with Crippen molar-refractivity contribution < 1.29 is 0 Å². The zero-order chi connectivity index (χ0) is 16.9. The molecule has 2 fully saturated rings. The molecule has 0 amide bonds. The minimum absolute atomic E-state index is 0.286. The van der Waals surface area contributed by atoms with Gasteiger partial charge in [-0.2, -0.15) is 10.1 Å². The second-order valence-electron chi connectivity index (χ2n) is 6.72. The maximum Gasteiger partial charge on any atom is 0.222 e. The van der Waals surface area contributed by atoms with Gasteiger partial charge in [-0.1, -0.05) is 12.1 Å². The van der Waals surface area contributed by atoms with Crippen LogP contribution >= 0.6 is 0 Å². The largest absolute Gasteiger partial charge is 0.368 e. The maximum atomic E-state index is 6.50. The van der Waals surface area contributed by atoms with Gasteiger partial charge in [0.2, 0.25) is 5.95 Å². The number of nitriles is 1. The van der Waals surface area contributed by atoms with Crippen molar-refractivity contribution in [1.82, 2.24) is 19.7 Å². The maximum absolute atomic E-state index is 6.50. The summed E-state index contributed by atoms with van der Waals surface area (Å²) in [6, 6.07) is 8.61. The number of rotatable bonds is 2. The van der Waals surface area contributed by atoms with E-state index >= 15 is 0 Å². The van der Waals surface area contributed by atoms with Gasteiger partial charge in [0.1, 0.15) is 0 Å². The zero-order valence-corrected chi connectivity index (χ0v) is 13.5. The molecule has 2 aromatic heterocycles. The Kier molecular flexibility index (Phi) is 3.07. The van der Waals surface area contributed by atoms with Crippen molar-refractivity contribution in [2.45, 2.75) is 32.1 Å². The Morgan fingerprint density at radius 1 is 1.25 bits per heavy atom. The van der Waals surface area contributed by atoms with E-state index in [9.17, 15) is 0 Å². The third-order valence-corrected chi connectivity index (χ3v) is 5.15. The zero-order valence-electron chi connectivity index (χ0n) is 13.5. The van der Waals surface area contributed by atoms with Gasteiger partial charge in [0, 0.05) is 23.7 Å². The SMILES string of the molecule is C#N.Cc1cc(-n2ncc3ccc(C4CC45CC5)cc32)nc(N)n1. The van der Waals surface area contributed by atoms with E-state index < -0.39 is 0 Å². The third-order valence-electron chi connectivity index (χ3n) is 5.15. The molecule has 1 unspecified atom stereocenters. The van der Waals surface area contributed by atoms with Gasteiger partial charge in [-0.25, -0.2) is 14.9 Å². The molecule has 2 aliphatic carbocycles. The molecule has 1 aromatic carbocycles. The van der Waals surface area contributed by atoms with Crippen LogP contribution in [0.5, 0.6) is 0 Å². The van der Waals surface area contributed by atoms with E-state index in [1.165, 1.54) is 24.8 Å². The van der Waals surface area contributed by atoms with Crippen LogP contribution in [0.1, 0.15) is 36.4 Å². The fourth-order valence-corrected chi connectivity index (χ4v) is 3.65. The van der Waals surface area contributed by atoms with Crippen LogP contribution in [-0.4, -0.2) is 19.7 Å². The highest BCUT2D eigenvalue weighted by atomic mass is 15.3. The van der Waals surface area contributed by atoms with Gasteiger partial charge in [0.15, 0.2) is 5.82 Å². The van der Waals surface area contributed by atoms with E-state index in [1.807, 2.05) is 23.9 Å². The number of aromatic nitrogens is 4. The Morgan fingerprint density at radius 3 is 2.71 bits per heavy atom. The predicted molar refractivity (Wildman–Crippen MR) is 91.5 cm³/mol. The molecule has 2 heterocycles. The fraction of sp³-hybridized carbons (Fsp3) is 0.333. The molecular weight excluding hydrogens is 300 g/mol. The van der Waals surface area contributed by atoms with Gasteiger partial charge in [-0.05, 0) is 49.1 Å². The van der Waals surface area contributed by atoms with E-state index in [0.717, 1.165) is 28.3 Å². The minimum Gasteiger partial charge on any atom is -0.368 e. The van der Waals surface area contributed by atoms with E-state index in [1.54, 1.807) is 0 Å². The highest BCUT2D eigenvalue weighted by molar-refractivity contribution is 5.81. The van der Waals surface area contributed by atoms with Crippen LogP contribution in [0.25, 0.3) is 16.7 Å². The first-order chi connectivity index (χ1) is 11.6. The average Bonchev–Trinajstić information content (AvgIpc) is 3.47. The Bertz CT molecular complexity index is 930. The van der Waals surface area contributed by atoms with Crippen molar-refractivity contribution in [2.24, 2.45) is 5.41 Å². The monoisotopic (exact) mass is 318 g/mol. The number of nitrogens with two attached hydrogens (primary N) is 1. The third kappa shape index (κ3) is 2.21. The number of nitrogen functional groups attached to an aromatic ring is 1. The van der Waals surface area contributed by atoms with Gasteiger partial charge >= 0.3 is 0 Å². The Labute approximate surface area is 139 Å². The molecule has 5 rings (SSSR count). The lowest BCUT2D eigenvalue weighted by Crippen LogP contribution is -2.05. The van der Waals surface area contributed by atoms with Gasteiger partial charge < -0.3 is 5.73 Å². The van der Waals surface area contributed by atoms with Gasteiger partial charge in [-0.15, -0.1) is 0 Å². The molecule has 2 aliphatic rings. The summed E-state index contributed by atoms with van der Waals surface area (Å²) in [7, 11) is 0. The summed E-state index contributed by atoms with van der Waals surface area (Å²) in [4.78, 5) is 8.46. The lowest BCUT2D eigenvalue weighted by molar-refractivity contribution is 0.837. The summed E-state index contributed by atoms with van der Waals surface area (Å²) in [6.45, 7) is 5.42. The summed E-state index contributed by atoms with van der Waals surface area (Å²) in [6.07, 6.45) is 6.03. The van der Waals surface area contributed by atoms with Crippen LogP contribution < -0.4 is 5.73 Å². The number of fused-ring (bicyclic) bond motifs is 1. The van der Waals surface area contributed by atoms with Crippen molar-refractivity contribution in [2.75, 3.05) is 5.73 Å². The standard InChI is InChI=1S/C17H17N5.CHN/c1-10-6-15(21-16(18)20-10)22-14-7-11(2-3-12(14)9-19-22)13-8-17(13)4-5-17;1-2/h2-3,6-7,9,13H,4-5,8H2,1H3,(H2,18,20,21);1H. The second kappa shape index (κ2) is 5.03. The number of hydrogen-bond acceptors (Lipinski definition) is 5. The summed E-state index contributed by atoms with van der Waals surface area (Å²) in [5, 5.41) is 12.1. The lowest BCUT2D eigenvalue weighted by Gasteiger charge is -2.06. The van der Waals surface area contributed by atoms with E-state index in [-0.39, 0.29) is 5.95 Å². The lowest BCUT2D eigenvalue weighted by atomic mass is 10.1. The van der Waals surface area contributed by atoms with Crippen LogP contribution in [0.3, 0.4) is 0 Å². The normalized spacial score (nSPS) is 19.7. The van der Waals surface area contributed by atoms with Gasteiger partial charge in [0.25, 0.3) is 0 Å². The van der Waals surface area contributed by atoms with Crippen molar-refractivity contribution in [3.63, 3.8) is 0 Å². The first kappa shape index (κ1) is 14.6. The highest BCUT2D eigenvalue weighted by Crippen LogP contribution is 2.75. The second-order valence-corrected chi connectivity index (χ2v) is 6.72. The molecule has 6 nitrogen and oxygen atoms in total. The number of aryl methyl sites for hydroxylation is 1. The first-order valence-electron chi connectivity index (χ1n) is 8.00. The molecule has 1 atom stereocenters. The van der Waals surface area contributed by atoms with Crippen LogP contribution in [0.4, 0.5) is 5.95 Å². The summed E-state index contributed by atoms with van der Waals surface area (Å²) < 4.78 is 1.87. The predicted octanol–water partition coefficient (Wildman–Crippen LogP) is 3.11. The number of nitrogens with zero attached hydrogens (tertiary/aromatic N) is 5. The molecule has 24 heavy (non-hydrogen) atoms. The summed E-state index contributed by atoms with van der Waals surface area (Å²) in [5.41, 5.74) is 9.82. The Hall–Kier alpha value is -2.94. The van der Waals surface area contributed by atoms with Crippen molar-refractivity contribution in [1.29, 1.82) is 5.26 Å². The molecule has 0 aliphatic heterocycles.